The molecule has 0 fully saturated rings. The summed E-state index contributed by atoms with van der Waals surface area (Å²) in [5, 5.41) is 0. The maximum atomic E-state index is 13.8. The van der Waals surface area contributed by atoms with Crippen molar-refractivity contribution in [3.63, 3.8) is 0 Å². The molecule has 4 nitrogen and oxygen atoms in total. The Morgan fingerprint density at radius 2 is 1.96 bits per heavy atom. The molecular weight excluding hydrogens is 408 g/mol. The zero-order chi connectivity index (χ0) is 19.3. The lowest BCUT2D eigenvalue weighted by atomic mass is 10.1. The van der Waals surface area contributed by atoms with Crippen molar-refractivity contribution in [2.45, 2.75) is 19.9 Å². The first-order chi connectivity index (χ1) is 12.4. The number of rotatable bonds is 7. The molecule has 0 saturated heterocycles. The van der Waals surface area contributed by atoms with E-state index in [9.17, 15) is 13.6 Å². The third-order valence-electron chi connectivity index (χ3n) is 3.70. The third-order valence-corrected chi connectivity index (χ3v) is 4.29. The molecule has 0 atom stereocenters. The molecule has 2 aromatic rings. The number of benzene rings is 2. The fraction of sp³-hybridized carbons (Fsp3) is 0.316. The predicted molar refractivity (Wildman–Crippen MR) is 98.6 cm³/mol. The van der Waals surface area contributed by atoms with Crippen LogP contribution in [0.5, 0.6) is 11.5 Å². The van der Waals surface area contributed by atoms with Gasteiger partial charge in [-0.15, -0.1) is 0 Å². The van der Waals surface area contributed by atoms with Crippen LogP contribution >= 0.6 is 15.9 Å². The summed E-state index contributed by atoms with van der Waals surface area (Å²) in [6, 6.07) is 6.50. The minimum atomic E-state index is -0.688. The van der Waals surface area contributed by atoms with E-state index in [0.717, 1.165) is 18.6 Å². The van der Waals surface area contributed by atoms with Gasteiger partial charge in [0.25, 0.3) is 5.91 Å². The van der Waals surface area contributed by atoms with Gasteiger partial charge in [-0.25, -0.2) is 8.78 Å². The van der Waals surface area contributed by atoms with Crippen LogP contribution in [-0.2, 0) is 6.54 Å². The Hall–Kier alpha value is -2.15. The van der Waals surface area contributed by atoms with Crippen molar-refractivity contribution in [3.8, 4) is 11.5 Å². The van der Waals surface area contributed by atoms with Crippen LogP contribution in [0.4, 0.5) is 8.78 Å². The Balaban J connectivity index is 2.23. The van der Waals surface area contributed by atoms with Crippen LogP contribution in [-0.4, -0.2) is 31.6 Å². The van der Waals surface area contributed by atoms with E-state index in [2.05, 4.69) is 15.9 Å². The van der Waals surface area contributed by atoms with Gasteiger partial charge in [0.05, 0.1) is 18.2 Å². The van der Waals surface area contributed by atoms with Gasteiger partial charge < -0.3 is 14.4 Å². The Morgan fingerprint density at radius 3 is 2.58 bits per heavy atom. The lowest BCUT2D eigenvalue weighted by molar-refractivity contribution is 0.0783. The van der Waals surface area contributed by atoms with Crippen LogP contribution < -0.4 is 9.47 Å². The van der Waals surface area contributed by atoms with Gasteiger partial charge >= 0.3 is 0 Å². The van der Waals surface area contributed by atoms with Crippen molar-refractivity contribution in [1.82, 2.24) is 4.90 Å². The Kier molecular flexibility index (Phi) is 6.97. The van der Waals surface area contributed by atoms with Gasteiger partial charge in [-0.3, -0.25) is 4.79 Å². The van der Waals surface area contributed by atoms with Crippen LogP contribution in [0, 0.1) is 11.6 Å². The molecule has 0 aromatic heterocycles. The maximum absolute atomic E-state index is 13.8. The second-order valence-electron chi connectivity index (χ2n) is 5.73. The number of ether oxygens (including phenoxy) is 2. The molecular formula is C19H20BrF2NO3. The summed E-state index contributed by atoms with van der Waals surface area (Å²) in [5.41, 5.74) is 0.596. The minimum Gasteiger partial charge on any atom is -0.493 e. The van der Waals surface area contributed by atoms with Crippen molar-refractivity contribution in [2.24, 2.45) is 0 Å². The van der Waals surface area contributed by atoms with Crippen LogP contribution in [0.2, 0.25) is 0 Å². The summed E-state index contributed by atoms with van der Waals surface area (Å²) in [6.45, 7) is 2.52. The van der Waals surface area contributed by atoms with Crippen LogP contribution in [0.25, 0.3) is 0 Å². The molecule has 26 heavy (non-hydrogen) atoms. The lowest BCUT2D eigenvalue weighted by Gasteiger charge is -2.19. The average molecular weight is 428 g/mol. The van der Waals surface area contributed by atoms with Gasteiger partial charge in [-0.1, -0.05) is 13.0 Å². The number of amides is 1. The average Bonchev–Trinajstić information content (AvgIpc) is 2.61. The molecule has 0 saturated carbocycles. The summed E-state index contributed by atoms with van der Waals surface area (Å²) < 4.78 is 38.4. The second kappa shape index (κ2) is 8.98. The SMILES string of the molecule is CCCOc1c(Br)cc(C(=O)N(C)Cc2ccc(F)cc2F)cc1OC. The first-order valence-corrected chi connectivity index (χ1v) is 8.86. The molecule has 0 radical (unpaired) electrons. The molecule has 0 spiro atoms. The molecule has 0 aliphatic carbocycles. The maximum Gasteiger partial charge on any atom is 0.254 e. The molecule has 0 unspecified atom stereocenters. The Labute approximate surface area is 159 Å². The van der Waals surface area contributed by atoms with Crippen LogP contribution in [0.3, 0.4) is 0 Å². The van der Waals surface area contributed by atoms with Crippen molar-refractivity contribution >= 4 is 21.8 Å². The molecule has 7 heteroatoms. The van der Waals surface area contributed by atoms with E-state index in [0.29, 0.717) is 28.1 Å². The zero-order valence-corrected chi connectivity index (χ0v) is 16.4. The molecule has 0 bridgehead atoms. The summed E-state index contributed by atoms with van der Waals surface area (Å²) in [7, 11) is 3.04. The molecule has 0 aliphatic heterocycles. The second-order valence-corrected chi connectivity index (χ2v) is 6.59. The van der Waals surface area contributed by atoms with E-state index in [-0.39, 0.29) is 18.0 Å². The first-order valence-electron chi connectivity index (χ1n) is 8.07. The molecule has 0 heterocycles. The van der Waals surface area contributed by atoms with E-state index in [1.54, 1.807) is 19.2 Å². The van der Waals surface area contributed by atoms with Crippen molar-refractivity contribution in [2.75, 3.05) is 20.8 Å². The molecule has 0 aliphatic rings. The standard InChI is InChI=1S/C19H20BrF2NO3/c1-4-7-26-18-15(20)8-13(9-17(18)25-3)19(24)23(2)11-12-5-6-14(21)10-16(12)22/h5-6,8-10H,4,7,11H2,1-3H3. The smallest absolute Gasteiger partial charge is 0.254 e. The topological polar surface area (TPSA) is 38.8 Å². The number of nitrogens with zero attached hydrogens (tertiary/aromatic N) is 1. The summed E-state index contributed by atoms with van der Waals surface area (Å²) in [5.74, 6) is -0.714. The lowest BCUT2D eigenvalue weighted by Crippen LogP contribution is -2.26. The number of carbonyl (C=O) groups is 1. The summed E-state index contributed by atoms with van der Waals surface area (Å²) >= 11 is 3.40. The normalized spacial score (nSPS) is 10.5. The van der Waals surface area contributed by atoms with Gasteiger partial charge in [-0.05, 0) is 40.5 Å². The Morgan fingerprint density at radius 1 is 1.23 bits per heavy atom. The van der Waals surface area contributed by atoms with E-state index in [1.807, 2.05) is 6.92 Å². The highest BCUT2D eigenvalue weighted by molar-refractivity contribution is 9.10. The number of halogens is 3. The van der Waals surface area contributed by atoms with Crippen molar-refractivity contribution in [3.05, 3.63) is 57.6 Å². The number of carbonyl (C=O) groups excluding carboxylic acids is 1. The fourth-order valence-electron chi connectivity index (χ4n) is 2.39. The van der Waals surface area contributed by atoms with E-state index in [1.165, 1.54) is 18.1 Å². The van der Waals surface area contributed by atoms with E-state index >= 15 is 0 Å². The van der Waals surface area contributed by atoms with Gasteiger partial charge in [0.15, 0.2) is 11.5 Å². The number of methoxy groups -OCH3 is 1. The van der Waals surface area contributed by atoms with Crippen molar-refractivity contribution in [1.29, 1.82) is 0 Å². The zero-order valence-electron chi connectivity index (χ0n) is 14.8. The highest BCUT2D eigenvalue weighted by Gasteiger charge is 2.19. The summed E-state index contributed by atoms with van der Waals surface area (Å²) in [4.78, 5) is 14.0. The molecule has 0 N–H and O–H groups in total. The number of hydrogen-bond donors (Lipinski definition) is 0. The fourth-order valence-corrected chi connectivity index (χ4v) is 2.94. The van der Waals surface area contributed by atoms with E-state index in [4.69, 9.17) is 9.47 Å². The first kappa shape index (κ1) is 20.2. The largest absolute Gasteiger partial charge is 0.493 e. The highest BCUT2D eigenvalue weighted by Crippen LogP contribution is 2.37. The number of hydrogen-bond acceptors (Lipinski definition) is 3. The van der Waals surface area contributed by atoms with Crippen LogP contribution in [0.1, 0.15) is 29.3 Å². The molecule has 2 rings (SSSR count). The van der Waals surface area contributed by atoms with Gasteiger partial charge in [0.2, 0.25) is 0 Å². The van der Waals surface area contributed by atoms with E-state index < -0.39 is 11.6 Å². The Bertz CT molecular complexity index is 799. The molecule has 2 aromatic carbocycles. The highest BCUT2D eigenvalue weighted by atomic mass is 79.9. The van der Waals surface area contributed by atoms with Crippen LogP contribution in [0.15, 0.2) is 34.8 Å². The third kappa shape index (κ3) is 4.72. The van der Waals surface area contributed by atoms with Crippen molar-refractivity contribution < 1.29 is 23.0 Å². The molecule has 1 amide bonds. The quantitative estimate of drug-likeness (QED) is 0.636. The summed E-state index contributed by atoms with van der Waals surface area (Å²) in [6.07, 6.45) is 0.836. The minimum absolute atomic E-state index is 0.0129. The van der Waals surface area contributed by atoms with Gasteiger partial charge in [0.1, 0.15) is 11.6 Å². The van der Waals surface area contributed by atoms with Gasteiger partial charge in [-0.2, -0.15) is 0 Å². The predicted octanol–water partition coefficient (Wildman–Crippen LogP) is 4.80. The molecule has 140 valence electrons. The monoisotopic (exact) mass is 427 g/mol. The van der Waals surface area contributed by atoms with Gasteiger partial charge in [0, 0.05) is 30.8 Å².